The summed E-state index contributed by atoms with van der Waals surface area (Å²) in [5, 5.41) is 7.75. The maximum absolute atomic E-state index is 4.86. The lowest BCUT2D eigenvalue weighted by Crippen LogP contribution is -2.40. The number of hydrogen-bond acceptors (Lipinski definition) is 2. The fourth-order valence-corrected chi connectivity index (χ4v) is 3.32. The van der Waals surface area contributed by atoms with Crippen LogP contribution in [0, 0.1) is 11.3 Å². The molecule has 1 aromatic heterocycles. The summed E-state index contributed by atoms with van der Waals surface area (Å²) < 4.78 is 1.89. The molecule has 1 saturated heterocycles. The molecule has 2 rings (SSSR count). The number of aromatic nitrogens is 2. The van der Waals surface area contributed by atoms with E-state index in [0.717, 1.165) is 45.0 Å². The SMILES string of the molecule is CCNC(=NCCCC(C)(C)C)N1CCC(Cc2cnn(C)c2)C1.I. The van der Waals surface area contributed by atoms with Crippen molar-refractivity contribution in [2.45, 2.75) is 53.4 Å². The first kappa shape index (κ1) is 22.3. The Kier molecular flexibility index (Phi) is 9.24. The molecule has 1 aromatic rings. The van der Waals surface area contributed by atoms with Crippen LogP contribution >= 0.6 is 24.0 Å². The third-order valence-corrected chi connectivity index (χ3v) is 4.55. The fraction of sp³-hybridized carbons (Fsp3) is 0.789. The molecule has 5 nitrogen and oxygen atoms in total. The first-order valence-electron chi connectivity index (χ1n) is 9.38. The van der Waals surface area contributed by atoms with Crippen LogP contribution in [0.4, 0.5) is 0 Å². The Labute approximate surface area is 170 Å². The van der Waals surface area contributed by atoms with E-state index in [9.17, 15) is 0 Å². The summed E-state index contributed by atoms with van der Waals surface area (Å²) in [7, 11) is 1.98. The Bertz CT molecular complexity index is 532. The maximum atomic E-state index is 4.86. The minimum Gasteiger partial charge on any atom is -0.357 e. The second-order valence-electron chi connectivity index (χ2n) is 8.23. The number of nitrogens with one attached hydrogen (secondary N) is 1. The minimum atomic E-state index is 0. The van der Waals surface area contributed by atoms with Crippen molar-refractivity contribution in [2.24, 2.45) is 23.4 Å². The molecule has 2 heterocycles. The summed E-state index contributed by atoms with van der Waals surface area (Å²) in [4.78, 5) is 7.29. The summed E-state index contributed by atoms with van der Waals surface area (Å²) in [6, 6.07) is 0. The van der Waals surface area contributed by atoms with Gasteiger partial charge in [-0.1, -0.05) is 20.8 Å². The summed E-state index contributed by atoms with van der Waals surface area (Å²) in [6.45, 7) is 13.1. The van der Waals surface area contributed by atoms with E-state index < -0.39 is 0 Å². The van der Waals surface area contributed by atoms with Gasteiger partial charge in [-0.05, 0) is 49.5 Å². The number of hydrogen-bond donors (Lipinski definition) is 1. The monoisotopic (exact) mass is 461 g/mol. The van der Waals surface area contributed by atoms with Crippen LogP contribution in [0.1, 0.15) is 52.5 Å². The normalized spacial score (nSPS) is 18.4. The van der Waals surface area contributed by atoms with E-state index in [1.54, 1.807) is 0 Å². The van der Waals surface area contributed by atoms with Crippen molar-refractivity contribution >= 4 is 29.9 Å². The highest BCUT2D eigenvalue weighted by atomic mass is 127. The quantitative estimate of drug-likeness (QED) is 0.304. The molecule has 144 valence electrons. The summed E-state index contributed by atoms with van der Waals surface area (Å²) in [5.41, 5.74) is 1.74. The van der Waals surface area contributed by atoms with Crippen molar-refractivity contribution in [2.75, 3.05) is 26.2 Å². The molecule has 0 aromatic carbocycles. The van der Waals surface area contributed by atoms with Crippen molar-refractivity contribution in [1.29, 1.82) is 0 Å². The predicted octanol–water partition coefficient (Wildman–Crippen LogP) is 3.69. The highest BCUT2D eigenvalue weighted by molar-refractivity contribution is 14.0. The van der Waals surface area contributed by atoms with Crippen LogP contribution in [0.25, 0.3) is 0 Å². The van der Waals surface area contributed by atoms with Crippen LogP contribution < -0.4 is 5.32 Å². The molecule has 0 bridgehead atoms. The van der Waals surface area contributed by atoms with Crippen LogP contribution in [0.2, 0.25) is 0 Å². The standard InChI is InChI=1S/C19H35N5.HI/c1-6-20-18(21-10-7-9-19(2,3)4)24-11-8-16(15-24)12-17-13-22-23(5)14-17;/h13-14,16H,6-12,15H2,1-5H3,(H,20,21);1H. The molecule has 0 amide bonds. The van der Waals surface area contributed by atoms with Gasteiger partial charge < -0.3 is 10.2 Å². The van der Waals surface area contributed by atoms with Gasteiger partial charge >= 0.3 is 0 Å². The second-order valence-corrected chi connectivity index (χ2v) is 8.23. The molecule has 0 radical (unpaired) electrons. The molecule has 0 saturated carbocycles. The molecule has 1 N–H and O–H groups in total. The average Bonchev–Trinajstić information content (AvgIpc) is 3.11. The lowest BCUT2D eigenvalue weighted by Gasteiger charge is -2.22. The summed E-state index contributed by atoms with van der Waals surface area (Å²) in [5.74, 6) is 1.80. The van der Waals surface area contributed by atoms with E-state index >= 15 is 0 Å². The van der Waals surface area contributed by atoms with E-state index in [4.69, 9.17) is 4.99 Å². The zero-order valence-corrected chi connectivity index (χ0v) is 18.9. The lowest BCUT2D eigenvalue weighted by atomic mass is 9.91. The number of guanidine groups is 1. The summed E-state index contributed by atoms with van der Waals surface area (Å²) in [6.07, 6.45) is 8.86. The fourth-order valence-electron chi connectivity index (χ4n) is 3.32. The van der Waals surface area contributed by atoms with Crippen molar-refractivity contribution in [3.8, 4) is 0 Å². The molecule has 1 aliphatic rings. The molecule has 1 unspecified atom stereocenters. The van der Waals surface area contributed by atoms with Crippen molar-refractivity contribution in [1.82, 2.24) is 20.0 Å². The van der Waals surface area contributed by atoms with E-state index in [1.165, 1.54) is 18.4 Å². The van der Waals surface area contributed by atoms with Crippen LogP contribution in [-0.4, -0.2) is 46.8 Å². The third kappa shape index (κ3) is 7.96. The van der Waals surface area contributed by atoms with Crippen molar-refractivity contribution < 1.29 is 0 Å². The molecular formula is C19H36IN5. The summed E-state index contributed by atoms with van der Waals surface area (Å²) >= 11 is 0. The molecule has 0 aliphatic carbocycles. The Hall–Kier alpha value is -0.790. The van der Waals surface area contributed by atoms with Gasteiger partial charge in [-0.25, -0.2) is 0 Å². The van der Waals surface area contributed by atoms with Crippen molar-refractivity contribution in [3.05, 3.63) is 18.0 Å². The topological polar surface area (TPSA) is 45.5 Å². The molecule has 1 atom stereocenters. The highest BCUT2D eigenvalue weighted by Crippen LogP contribution is 2.22. The van der Waals surface area contributed by atoms with Gasteiger partial charge in [-0.3, -0.25) is 9.67 Å². The average molecular weight is 461 g/mol. The second kappa shape index (κ2) is 10.4. The van der Waals surface area contributed by atoms with Gasteiger partial charge in [0, 0.05) is 39.4 Å². The molecule has 0 spiro atoms. The molecule has 1 fully saturated rings. The van der Waals surface area contributed by atoms with Gasteiger partial charge in [0.2, 0.25) is 0 Å². The van der Waals surface area contributed by atoms with Crippen LogP contribution in [-0.2, 0) is 13.5 Å². The predicted molar refractivity (Wildman–Crippen MR) is 117 cm³/mol. The van der Waals surface area contributed by atoms with Gasteiger partial charge in [0.05, 0.1) is 6.20 Å². The first-order chi connectivity index (χ1) is 11.4. The number of aryl methyl sites for hydroxylation is 1. The number of halogens is 1. The van der Waals surface area contributed by atoms with E-state index in [0.29, 0.717) is 11.3 Å². The number of rotatable bonds is 6. The van der Waals surface area contributed by atoms with Gasteiger partial charge in [0.25, 0.3) is 0 Å². The maximum Gasteiger partial charge on any atom is 0.193 e. The number of nitrogens with zero attached hydrogens (tertiary/aromatic N) is 4. The third-order valence-electron chi connectivity index (χ3n) is 4.55. The Morgan fingerprint density at radius 1 is 1.40 bits per heavy atom. The van der Waals surface area contributed by atoms with Crippen LogP contribution in [0.3, 0.4) is 0 Å². The Morgan fingerprint density at radius 2 is 2.16 bits per heavy atom. The largest absolute Gasteiger partial charge is 0.357 e. The van der Waals surface area contributed by atoms with E-state index in [-0.39, 0.29) is 24.0 Å². The van der Waals surface area contributed by atoms with Gasteiger partial charge in [-0.2, -0.15) is 5.10 Å². The van der Waals surface area contributed by atoms with Crippen molar-refractivity contribution in [3.63, 3.8) is 0 Å². The van der Waals surface area contributed by atoms with Gasteiger partial charge in [0.15, 0.2) is 5.96 Å². The Balaban J connectivity index is 0.00000312. The van der Waals surface area contributed by atoms with Gasteiger partial charge in [-0.15, -0.1) is 24.0 Å². The lowest BCUT2D eigenvalue weighted by molar-refractivity contribution is 0.367. The molecule has 6 heteroatoms. The minimum absolute atomic E-state index is 0. The van der Waals surface area contributed by atoms with Crippen LogP contribution in [0.5, 0.6) is 0 Å². The molecule has 1 aliphatic heterocycles. The Morgan fingerprint density at radius 3 is 2.76 bits per heavy atom. The molecular weight excluding hydrogens is 425 g/mol. The van der Waals surface area contributed by atoms with E-state index in [1.807, 2.05) is 17.9 Å². The van der Waals surface area contributed by atoms with Gasteiger partial charge in [0.1, 0.15) is 0 Å². The smallest absolute Gasteiger partial charge is 0.193 e. The van der Waals surface area contributed by atoms with E-state index in [2.05, 4.69) is 49.2 Å². The number of aliphatic imine (C=N–C) groups is 1. The zero-order chi connectivity index (χ0) is 17.6. The first-order valence-corrected chi connectivity index (χ1v) is 9.38. The zero-order valence-electron chi connectivity index (χ0n) is 16.6. The number of likely N-dealkylation sites (tertiary alicyclic amines) is 1. The van der Waals surface area contributed by atoms with Crippen LogP contribution in [0.15, 0.2) is 17.4 Å². The highest BCUT2D eigenvalue weighted by Gasteiger charge is 2.25. The molecule has 25 heavy (non-hydrogen) atoms.